The van der Waals surface area contributed by atoms with Crippen molar-refractivity contribution in [2.75, 3.05) is 46.1 Å². The number of carbonyl (C=O) groups excluding carboxylic acids is 2. The highest BCUT2D eigenvalue weighted by Gasteiger charge is 2.27. The molecule has 0 aliphatic carbocycles. The Bertz CT molecular complexity index is 3530. The number of aromatic amines is 2. The molecule has 7 aromatic rings. The van der Waals surface area contributed by atoms with Crippen molar-refractivity contribution >= 4 is 63.9 Å². The highest BCUT2D eigenvalue weighted by atomic mass is 31.2. The van der Waals surface area contributed by atoms with Crippen LogP contribution in [0.3, 0.4) is 0 Å². The summed E-state index contributed by atoms with van der Waals surface area (Å²) < 4.78 is 39.5. The molecule has 4 aromatic carbocycles. The first-order chi connectivity index (χ1) is 41.7. The molecule has 3 aromatic heterocycles. The van der Waals surface area contributed by atoms with Gasteiger partial charge in [-0.15, -0.1) is 0 Å². The summed E-state index contributed by atoms with van der Waals surface area (Å²) in [7, 11) is -4.44. The summed E-state index contributed by atoms with van der Waals surface area (Å²) in [5, 5.41) is 7.09. The fourth-order valence-corrected chi connectivity index (χ4v) is 11.5. The number of fused-ring (bicyclic) bond motifs is 20. The van der Waals surface area contributed by atoms with Gasteiger partial charge >= 0.3 is 19.8 Å². The molecule has 452 valence electrons. The normalized spacial score (nSPS) is 12.9. The molecule has 0 amide bonds. The van der Waals surface area contributed by atoms with Gasteiger partial charge in [0.15, 0.2) is 29.4 Å². The van der Waals surface area contributed by atoms with Crippen LogP contribution in [0.15, 0.2) is 91.0 Å². The highest BCUT2D eigenvalue weighted by molar-refractivity contribution is 7.47. The number of hydrogen-bond donors (Lipinski definition) is 5. The predicted molar refractivity (Wildman–Crippen MR) is 333 cm³/mol. The molecular weight excluding hydrogens is 1100 g/mol. The van der Waals surface area contributed by atoms with E-state index in [1.165, 1.54) is 64.2 Å². The van der Waals surface area contributed by atoms with Crippen LogP contribution in [0.5, 0.6) is 5.75 Å². The van der Waals surface area contributed by atoms with Crippen molar-refractivity contribution in [1.29, 1.82) is 0 Å². The first kappa shape index (κ1) is 62.5. The molecule has 19 nitrogen and oxygen atoms in total. The number of aromatic nitrogens is 8. The Labute approximate surface area is 497 Å². The second-order valence-electron chi connectivity index (χ2n) is 22.0. The topological polar surface area (TPSA) is 265 Å². The summed E-state index contributed by atoms with van der Waals surface area (Å²) in [6.07, 6.45) is 21.8. The lowest BCUT2D eigenvalue weighted by molar-refractivity contribution is -0.161. The number of phosphoric ester groups is 1. The maximum atomic E-state index is 12.9. The Morgan fingerprint density at radius 3 is 1.47 bits per heavy atom. The zero-order chi connectivity index (χ0) is 59.1. The minimum Gasteiger partial charge on any atom is -0.492 e. The number of esters is 2. The number of nitrogens with one attached hydrogen (secondary N) is 3. The first-order valence-corrected chi connectivity index (χ1v) is 32.4. The van der Waals surface area contributed by atoms with E-state index in [9.17, 15) is 19.0 Å². The van der Waals surface area contributed by atoms with E-state index >= 15 is 0 Å². The minimum absolute atomic E-state index is 0.0250. The first-order valence-electron chi connectivity index (χ1n) is 30.9. The van der Waals surface area contributed by atoms with Crippen LogP contribution in [-0.2, 0) is 32.7 Å². The van der Waals surface area contributed by atoms with Gasteiger partial charge < -0.3 is 40.1 Å². The number of H-pyrrole nitrogens is 2. The van der Waals surface area contributed by atoms with Crippen molar-refractivity contribution in [2.24, 2.45) is 5.73 Å². The molecule has 0 fully saturated rings. The van der Waals surface area contributed by atoms with Crippen molar-refractivity contribution in [3.8, 4) is 51.3 Å². The monoisotopic (exact) mass is 1180 g/mol. The number of phosphoric acid groups is 1. The Morgan fingerprint density at radius 2 is 0.965 bits per heavy atom. The van der Waals surface area contributed by atoms with Crippen LogP contribution in [0.4, 0.5) is 0 Å². The quantitative estimate of drug-likeness (QED) is 0.0138. The Hall–Kier alpha value is -6.99. The van der Waals surface area contributed by atoms with E-state index in [-0.39, 0.29) is 32.6 Å². The van der Waals surface area contributed by atoms with Crippen LogP contribution in [0.25, 0.3) is 89.7 Å². The maximum absolute atomic E-state index is 12.9. The van der Waals surface area contributed by atoms with Gasteiger partial charge in [-0.3, -0.25) is 18.6 Å². The smallest absolute Gasteiger partial charge is 0.472 e. The molecule has 5 heterocycles. The Balaban J connectivity index is 0.705. The molecule has 2 unspecified atom stereocenters. The Morgan fingerprint density at radius 1 is 0.518 bits per heavy atom. The summed E-state index contributed by atoms with van der Waals surface area (Å²) >= 11 is 0. The summed E-state index contributed by atoms with van der Waals surface area (Å²) in [5.74, 6) is 1.89. The van der Waals surface area contributed by atoms with Crippen LogP contribution in [0.1, 0.15) is 148 Å². The van der Waals surface area contributed by atoms with Crippen LogP contribution in [0, 0.1) is 0 Å². The number of unbranched alkanes of at least 4 members (excludes halogenated alkanes) is 18. The van der Waals surface area contributed by atoms with E-state index in [1.807, 2.05) is 91.0 Å². The predicted octanol–water partition coefficient (Wildman–Crippen LogP) is 14.0. The molecule has 2 atom stereocenters. The molecule has 2 aliphatic rings. The number of hydrogen-bond acceptors (Lipinski definition) is 16. The standard InChI is InChI=1S/C65H83N10O9P/c1-2-3-4-5-6-7-8-9-10-11-12-13-16-19-34-56(76)81-44-47(45-83-85(78,79)82-41-38-66)84-57(77)35-20-17-14-15-18-27-39-67-40-42-80-46-36-37-54-55(43-46)65-74-63-53-33-26-25-32-52(53)61(72-63)70-59-49-29-22-21-28-48(49)58(68-59)69-60-50-30-23-24-31-51(50)62(71-60)73-64(54)75-65/h21-26,28-33,36-37,43,47,67H,2-20,27,34-35,38-42,44-45,66H2,1H3,(H,78,79)(H2,68,69,70,71,72,73,74,75). The van der Waals surface area contributed by atoms with Gasteiger partial charge in [0.1, 0.15) is 41.6 Å². The lowest BCUT2D eigenvalue weighted by Crippen LogP contribution is -2.29. The van der Waals surface area contributed by atoms with Gasteiger partial charge in [-0.05, 0) is 44.0 Å². The highest BCUT2D eigenvalue weighted by Crippen LogP contribution is 2.43. The molecule has 0 radical (unpaired) electrons. The maximum Gasteiger partial charge on any atom is 0.472 e. The lowest BCUT2D eigenvalue weighted by atomic mass is 10.0. The summed E-state index contributed by atoms with van der Waals surface area (Å²) in [4.78, 5) is 73.0. The third-order valence-corrected chi connectivity index (χ3v) is 16.3. The van der Waals surface area contributed by atoms with Gasteiger partial charge in [0.2, 0.25) is 0 Å². The van der Waals surface area contributed by atoms with E-state index in [0.29, 0.717) is 77.6 Å². The van der Waals surface area contributed by atoms with Crippen LogP contribution < -0.4 is 15.8 Å². The zero-order valence-corrected chi connectivity index (χ0v) is 50.1. The molecule has 20 heteroatoms. The number of rotatable bonds is 37. The average Bonchev–Trinajstić information content (AvgIpc) is 4.46. The van der Waals surface area contributed by atoms with Crippen molar-refractivity contribution < 1.29 is 42.3 Å². The van der Waals surface area contributed by atoms with E-state index in [0.717, 1.165) is 102 Å². The van der Waals surface area contributed by atoms with Gasteiger partial charge in [-0.25, -0.2) is 34.5 Å². The minimum atomic E-state index is -4.44. The van der Waals surface area contributed by atoms with E-state index in [1.54, 1.807) is 0 Å². The molecule has 0 saturated heterocycles. The summed E-state index contributed by atoms with van der Waals surface area (Å²) in [5.41, 5.74) is 11.3. The lowest BCUT2D eigenvalue weighted by Gasteiger charge is -2.19. The molecule has 85 heavy (non-hydrogen) atoms. The number of nitrogens with two attached hydrogens (primary N) is 1. The van der Waals surface area contributed by atoms with Crippen molar-refractivity contribution in [1.82, 2.24) is 45.2 Å². The molecular formula is C65H83N10O9P. The van der Waals surface area contributed by atoms with Crippen LogP contribution >= 0.6 is 7.82 Å². The van der Waals surface area contributed by atoms with Gasteiger partial charge in [0.25, 0.3) is 0 Å². The van der Waals surface area contributed by atoms with Crippen molar-refractivity contribution in [2.45, 2.75) is 154 Å². The SMILES string of the molecule is CCCCCCCCCCCCCCCCC(=O)OCC(COP(=O)(O)OCCN)OC(=O)CCCCCCCCNCCOc1ccc2c(c1)-c1nc-2nc2[nH]c(nc3nc(nc4[nH]c(n1)c1ccccc41)-c1ccccc1-3)c1ccccc21. The second-order valence-corrected chi connectivity index (χ2v) is 23.4. The molecule has 0 spiro atoms. The third kappa shape index (κ3) is 18.3. The van der Waals surface area contributed by atoms with Crippen molar-refractivity contribution in [3.63, 3.8) is 0 Å². The van der Waals surface area contributed by atoms with E-state index in [4.69, 9.17) is 58.9 Å². The molecule has 8 bridgehead atoms. The fourth-order valence-electron chi connectivity index (χ4n) is 10.8. The van der Waals surface area contributed by atoms with E-state index < -0.39 is 32.5 Å². The van der Waals surface area contributed by atoms with Gasteiger partial charge in [-0.1, -0.05) is 189 Å². The summed E-state index contributed by atoms with van der Waals surface area (Å²) in [6.45, 7) is 3.27. The molecule has 9 rings (SSSR count). The number of ether oxygens (including phenoxy) is 3. The van der Waals surface area contributed by atoms with Crippen molar-refractivity contribution in [3.05, 3.63) is 91.0 Å². The van der Waals surface area contributed by atoms with Gasteiger partial charge in [-0.2, -0.15) is 0 Å². The number of carbonyl (C=O) groups is 2. The summed E-state index contributed by atoms with van der Waals surface area (Å²) in [6, 6.07) is 29.9. The molecule has 0 saturated carbocycles. The number of nitrogens with zero attached hydrogens (tertiary/aromatic N) is 6. The van der Waals surface area contributed by atoms with E-state index in [2.05, 4.69) is 22.2 Å². The zero-order valence-electron chi connectivity index (χ0n) is 49.2. The fraction of sp³-hybridized carbons (Fsp3) is 0.477. The second kappa shape index (κ2) is 32.5. The van der Waals surface area contributed by atoms with Gasteiger partial charge in [0.05, 0.1) is 13.2 Å². The van der Waals surface area contributed by atoms with Crippen LogP contribution in [0.2, 0.25) is 0 Å². The molecule has 2 aliphatic heterocycles. The average molecular weight is 1180 g/mol. The molecule has 6 N–H and O–H groups in total. The largest absolute Gasteiger partial charge is 0.492 e. The third-order valence-electron chi connectivity index (χ3n) is 15.3. The number of benzene rings is 4. The van der Waals surface area contributed by atoms with Crippen LogP contribution in [-0.4, -0.2) is 109 Å². The van der Waals surface area contributed by atoms with Gasteiger partial charge in [0, 0.05) is 69.7 Å². The Kier molecular flexibility index (Phi) is 23.9.